The number of carbonyl (C=O) groups is 2. The summed E-state index contributed by atoms with van der Waals surface area (Å²) in [7, 11) is 0. The first kappa shape index (κ1) is 17.4. The van der Waals surface area contributed by atoms with Crippen LogP contribution in [0, 0.1) is 13.8 Å². The van der Waals surface area contributed by atoms with Gasteiger partial charge in [-0.3, -0.25) is 4.79 Å². The number of fused-ring (bicyclic) bond motifs is 1. The number of aromatic nitrogens is 1. The fourth-order valence-electron chi connectivity index (χ4n) is 3.25. The van der Waals surface area contributed by atoms with E-state index in [1.165, 1.54) is 0 Å². The first-order valence-electron chi connectivity index (χ1n) is 8.09. The Bertz CT molecular complexity index is 827. The van der Waals surface area contributed by atoms with Crippen LogP contribution in [-0.4, -0.2) is 29.5 Å². The van der Waals surface area contributed by atoms with Gasteiger partial charge in [0.2, 0.25) is 0 Å². The molecule has 0 bridgehead atoms. The van der Waals surface area contributed by atoms with Crippen molar-refractivity contribution in [1.29, 1.82) is 0 Å². The molecule has 0 spiro atoms. The summed E-state index contributed by atoms with van der Waals surface area (Å²) in [5.41, 5.74) is 3.60. The fourth-order valence-corrected chi connectivity index (χ4v) is 3.61. The second-order valence-electron chi connectivity index (χ2n) is 6.27. The molecule has 1 amide bonds. The van der Waals surface area contributed by atoms with Crippen molar-refractivity contribution in [3.8, 4) is 0 Å². The van der Waals surface area contributed by atoms with Crippen molar-refractivity contribution in [3.05, 3.63) is 57.9 Å². The average molecular weight is 359 g/mol. The summed E-state index contributed by atoms with van der Waals surface area (Å²) in [4.78, 5) is 30.7. The lowest BCUT2D eigenvalue weighted by molar-refractivity contribution is -0.122. The second kappa shape index (κ2) is 6.84. The third kappa shape index (κ3) is 3.37. The Morgan fingerprint density at radius 1 is 1.32 bits per heavy atom. The van der Waals surface area contributed by atoms with E-state index in [0.29, 0.717) is 5.56 Å². The molecule has 3 rings (SSSR count). The van der Waals surface area contributed by atoms with E-state index in [1.807, 2.05) is 31.2 Å². The van der Waals surface area contributed by atoms with Crippen LogP contribution in [-0.2, 0) is 16.0 Å². The third-order valence-corrected chi connectivity index (χ3v) is 4.58. The molecule has 0 saturated carbocycles. The lowest BCUT2D eigenvalue weighted by Gasteiger charge is -2.22. The highest BCUT2D eigenvalue weighted by molar-refractivity contribution is 6.32. The molecule has 1 aliphatic heterocycles. The van der Waals surface area contributed by atoms with E-state index in [2.05, 4.69) is 4.98 Å². The Labute approximate surface area is 151 Å². The first-order valence-corrected chi connectivity index (χ1v) is 8.47. The van der Waals surface area contributed by atoms with Gasteiger partial charge in [0.25, 0.3) is 5.91 Å². The normalized spacial score (nSPS) is 15.8. The van der Waals surface area contributed by atoms with Gasteiger partial charge in [-0.15, -0.1) is 0 Å². The largest absolute Gasteiger partial charge is 0.452 e. The first-order chi connectivity index (χ1) is 11.9. The number of esters is 1. The number of hydrogen-bond acceptors (Lipinski definition) is 4. The highest BCUT2D eigenvalue weighted by Gasteiger charge is 2.31. The van der Waals surface area contributed by atoms with Crippen molar-refractivity contribution in [2.24, 2.45) is 0 Å². The minimum absolute atomic E-state index is 0.0370. The molecule has 1 aromatic carbocycles. The minimum Gasteiger partial charge on any atom is -0.452 e. The van der Waals surface area contributed by atoms with Crippen LogP contribution in [0.2, 0.25) is 5.15 Å². The minimum atomic E-state index is -0.636. The number of benzene rings is 1. The van der Waals surface area contributed by atoms with E-state index in [0.717, 1.165) is 23.4 Å². The van der Waals surface area contributed by atoms with Crippen molar-refractivity contribution >= 4 is 29.2 Å². The molecule has 0 saturated heterocycles. The number of para-hydroxylation sites is 1. The highest BCUT2D eigenvalue weighted by Crippen LogP contribution is 2.31. The molecule has 6 heteroatoms. The summed E-state index contributed by atoms with van der Waals surface area (Å²) in [5.74, 6) is -0.886. The van der Waals surface area contributed by atoms with Gasteiger partial charge in [0.1, 0.15) is 5.15 Å². The summed E-state index contributed by atoms with van der Waals surface area (Å²) >= 11 is 6.05. The molecule has 1 aromatic heterocycles. The summed E-state index contributed by atoms with van der Waals surface area (Å²) in [5, 5.41) is 0.0924. The monoisotopic (exact) mass is 358 g/mol. The summed E-state index contributed by atoms with van der Waals surface area (Å²) < 4.78 is 5.21. The Balaban J connectivity index is 1.72. The number of amides is 1. The van der Waals surface area contributed by atoms with Crippen molar-refractivity contribution in [2.45, 2.75) is 33.2 Å². The van der Waals surface area contributed by atoms with E-state index in [9.17, 15) is 9.59 Å². The van der Waals surface area contributed by atoms with Gasteiger partial charge < -0.3 is 9.64 Å². The van der Waals surface area contributed by atoms with Crippen LogP contribution in [0.1, 0.15) is 34.1 Å². The molecule has 2 heterocycles. The van der Waals surface area contributed by atoms with E-state index in [-0.39, 0.29) is 29.3 Å². The number of rotatable bonds is 3. The molecule has 1 aliphatic rings. The van der Waals surface area contributed by atoms with Crippen LogP contribution in [0.15, 0.2) is 30.3 Å². The molecule has 2 aromatic rings. The predicted octanol–water partition coefficient (Wildman–Crippen LogP) is 3.49. The van der Waals surface area contributed by atoms with Gasteiger partial charge in [-0.1, -0.05) is 29.8 Å². The van der Waals surface area contributed by atoms with Gasteiger partial charge in [-0.05, 0) is 50.5 Å². The number of pyridine rings is 1. The van der Waals surface area contributed by atoms with Crippen LogP contribution in [0.3, 0.4) is 0 Å². The molecule has 0 aliphatic carbocycles. The summed E-state index contributed by atoms with van der Waals surface area (Å²) in [6, 6.07) is 9.55. The standard InChI is InChI=1S/C19H19ClN2O3/c1-11-8-12(2)21-18(20)17(11)19(24)25-10-16(23)22-13(3)9-14-6-4-5-7-15(14)22/h4-8,13H,9-10H2,1-3H3/t13-/m0/s1. The number of carbonyl (C=O) groups excluding carboxylic acids is 2. The molecule has 5 nitrogen and oxygen atoms in total. The maximum atomic E-state index is 12.6. The molecule has 0 N–H and O–H groups in total. The number of aryl methyl sites for hydroxylation is 2. The lowest BCUT2D eigenvalue weighted by atomic mass is 10.1. The maximum Gasteiger partial charge on any atom is 0.342 e. The van der Waals surface area contributed by atoms with Crippen LogP contribution >= 0.6 is 11.6 Å². The van der Waals surface area contributed by atoms with Gasteiger partial charge >= 0.3 is 5.97 Å². The predicted molar refractivity (Wildman–Crippen MR) is 96.1 cm³/mol. The van der Waals surface area contributed by atoms with Crippen molar-refractivity contribution in [1.82, 2.24) is 4.98 Å². The Kier molecular flexibility index (Phi) is 4.77. The SMILES string of the molecule is Cc1cc(C)c(C(=O)OCC(=O)N2c3ccccc3C[C@@H]2C)c(Cl)n1. The van der Waals surface area contributed by atoms with Crippen molar-refractivity contribution in [2.75, 3.05) is 11.5 Å². The smallest absolute Gasteiger partial charge is 0.342 e. The molecular formula is C19H19ClN2O3. The molecule has 25 heavy (non-hydrogen) atoms. The molecule has 0 fully saturated rings. The van der Waals surface area contributed by atoms with Gasteiger partial charge in [0.15, 0.2) is 6.61 Å². The zero-order valence-corrected chi connectivity index (χ0v) is 15.1. The van der Waals surface area contributed by atoms with E-state index in [1.54, 1.807) is 24.8 Å². The second-order valence-corrected chi connectivity index (χ2v) is 6.63. The van der Waals surface area contributed by atoms with Crippen molar-refractivity contribution in [3.63, 3.8) is 0 Å². The zero-order valence-electron chi connectivity index (χ0n) is 14.4. The zero-order chi connectivity index (χ0) is 18.1. The lowest BCUT2D eigenvalue weighted by Crippen LogP contribution is -2.38. The van der Waals surface area contributed by atoms with E-state index < -0.39 is 5.97 Å². The van der Waals surface area contributed by atoms with Crippen LogP contribution in [0.25, 0.3) is 0 Å². The molecule has 130 valence electrons. The summed E-state index contributed by atoms with van der Waals surface area (Å²) in [6.45, 7) is 5.20. The maximum absolute atomic E-state index is 12.6. The van der Waals surface area contributed by atoms with E-state index >= 15 is 0 Å². The highest BCUT2D eigenvalue weighted by atomic mass is 35.5. The molecule has 0 radical (unpaired) electrons. The Morgan fingerprint density at radius 2 is 2.04 bits per heavy atom. The molecule has 0 unspecified atom stereocenters. The van der Waals surface area contributed by atoms with Gasteiger partial charge in [0.05, 0.1) is 5.56 Å². The van der Waals surface area contributed by atoms with Crippen LogP contribution in [0.5, 0.6) is 0 Å². The van der Waals surface area contributed by atoms with Gasteiger partial charge in [0, 0.05) is 17.4 Å². The van der Waals surface area contributed by atoms with E-state index in [4.69, 9.17) is 16.3 Å². The Morgan fingerprint density at radius 3 is 2.76 bits per heavy atom. The number of halogens is 1. The fraction of sp³-hybridized carbons (Fsp3) is 0.316. The quantitative estimate of drug-likeness (QED) is 0.622. The molecular weight excluding hydrogens is 340 g/mol. The number of hydrogen-bond donors (Lipinski definition) is 0. The van der Waals surface area contributed by atoms with Gasteiger partial charge in [-0.25, -0.2) is 9.78 Å². The topological polar surface area (TPSA) is 59.5 Å². The number of anilines is 1. The summed E-state index contributed by atoms with van der Waals surface area (Å²) in [6.07, 6.45) is 0.794. The third-order valence-electron chi connectivity index (χ3n) is 4.31. The van der Waals surface area contributed by atoms with Crippen LogP contribution < -0.4 is 4.90 Å². The van der Waals surface area contributed by atoms with Crippen molar-refractivity contribution < 1.29 is 14.3 Å². The average Bonchev–Trinajstić information content (AvgIpc) is 2.87. The Hall–Kier alpha value is -2.40. The number of nitrogens with zero attached hydrogens (tertiary/aromatic N) is 2. The number of ether oxygens (including phenoxy) is 1. The van der Waals surface area contributed by atoms with Gasteiger partial charge in [-0.2, -0.15) is 0 Å². The van der Waals surface area contributed by atoms with Crippen LogP contribution in [0.4, 0.5) is 5.69 Å². The molecule has 1 atom stereocenters.